The second kappa shape index (κ2) is 8.23. The molecule has 5 nitrogen and oxygen atoms in total. The summed E-state index contributed by atoms with van der Waals surface area (Å²) in [5.41, 5.74) is 3.25. The topological polar surface area (TPSA) is 50.8 Å². The second-order valence-corrected chi connectivity index (χ2v) is 7.99. The maximum atomic E-state index is 12.8. The van der Waals surface area contributed by atoms with Crippen LogP contribution in [0.25, 0.3) is 0 Å². The number of Topliss-reactive ketones (excluding diaryl/α,β-unsaturated/α-hetero) is 1. The molecule has 1 fully saturated rings. The van der Waals surface area contributed by atoms with Gasteiger partial charge < -0.3 is 14.8 Å². The molecule has 0 bridgehead atoms. The van der Waals surface area contributed by atoms with Crippen LogP contribution in [0, 0.1) is 5.41 Å². The first-order chi connectivity index (χ1) is 12.5. The molecule has 0 atom stereocenters. The van der Waals surface area contributed by atoms with Gasteiger partial charge in [0.15, 0.2) is 5.78 Å². The summed E-state index contributed by atoms with van der Waals surface area (Å²) in [5, 5.41) is 3.56. The minimum atomic E-state index is 0.00777. The molecule has 0 unspecified atom stereocenters. The van der Waals surface area contributed by atoms with Crippen molar-refractivity contribution in [2.75, 3.05) is 40.0 Å². The van der Waals surface area contributed by atoms with Crippen molar-refractivity contribution in [2.45, 2.75) is 33.2 Å². The van der Waals surface area contributed by atoms with Crippen LogP contribution in [0.5, 0.6) is 5.75 Å². The number of morpholine rings is 1. The van der Waals surface area contributed by atoms with Gasteiger partial charge in [-0.05, 0) is 29.5 Å². The molecular weight excluding hydrogens is 328 g/mol. The van der Waals surface area contributed by atoms with Crippen LogP contribution in [0.3, 0.4) is 0 Å². The summed E-state index contributed by atoms with van der Waals surface area (Å²) in [7, 11) is 1.67. The molecule has 1 N–H and O–H groups in total. The molecule has 1 saturated heterocycles. The maximum Gasteiger partial charge on any atom is 0.162 e. The Bertz CT molecular complexity index is 658. The molecule has 0 radical (unpaired) electrons. The first-order valence-electron chi connectivity index (χ1n) is 9.39. The Hall–Kier alpha value is -1.85. The number of nitrogens with one attached hydrogen (secondary N) is 1. The van der Waals surface area contributed by atoms with Crippen LogP contribution in [0.1, 0.15) is 32.3 Å². The summed E-state index contributed by atoms with van der Waals surface area (Å²) in [6, 6.07) is 8.06. The zero-order valence-electron chi connectivity index (χ0n) is 16.1. The highest BCUT2D eigenvalue weighted by Gasteiger charge is 2.33. The van der Waals surface area contributed by atoms with Crippen LogP contribution in [-0.2, 0) is 16.1 Å². The van der Waals surface area contributed by atoms with Crippen LogP contribution in [0.4, 0.5) is 0 Å². The number of rotatable bonds is 6. The molecule has 1 aliphatic carbocycles. The molecular formula is C21H30N2O3. The lowest BCUT2D eigenvalue weighted by Crippen LogP contribution is -2.41. The quantitative estimate of drug-likeness (QED) is 0.847. The zero-order chi connectivity index (χ0) is 18.6. The van der Waals surface area contributed by atoms with Gasteiger partial charge in [0.1, 0.15) is 5.75 Å². The number of hydrogen-bond donors (Lipinski definition) is 1. The average molecular weight is 358 g/mol. The van der Waals surface area contributed by atoms with E-state index in [1.165, 1.54) is 5.56 Å². The molecule has 142 valence electrons. The normalized spacial score (nSPS) is 21.0. The minimum Gasteiger partial charge on any atom is -0.497 e. The number of hydrogen-bond acceptors (Lipinski definition) is 5. The van der Waals surface area contributed by atoms with Gasteiger partial charge in [0.05, 0.1) is 20.3 Å². The van der Waals surface area contributed by atoms with Crippen molar-refractivity contribution < 1.29 is 14.3 Å². The third-order valence-corrected chi connectivity index (χ3v) is 5.15. The molecule has 0 saturated carbocycles. The lowest BCUT2D eigenvalue weighted by Gasteiger charge is -2.35. The Morgan fingerprint density at radius 1 is 1.15 bits per heavy atom. The third-order valence-electron chi connectivity index (χ3n) is 5.15. The van der Waals surface area contributed by atoms with Gasteiger partial charge in [0.2, 0.25) is 0 Å². The van der Waals surface area contributed by atoms with Crippen molar-refractivity contribution in [3.63, 3.8) is 0 Å². The van der Waals surface area contributed by atoms with E-state index < -0.39 is 0 Å². The van der Waals surface area contributed by atoms with Crippen LogP contribution in [0.2, 0.25) is 0 Å². The molecule has 5 heteroatoms. The van der Waals surface area contributed by atoms with Crippen LogP contribution >= 0.6 is 0 Å². The van der Waals surface area contributed by atoms with Gasteiger partial charge in [-0.3, -0.25) is 9.69 Å². The Kier molecular flexibility index (Phi) is 5.99. The highest BCUT2D eigenvalue weighted by molar-refractivity contribution is 5.97. The first-order valence-corrected chi connectivity index (χ1v) is 9.39. The van der Waals surface area contributed by atoms with Crippen molar-refractivity contribution in [3.05, 3.63) is 41.1 Å². The lowest BCUT2D eigenvalue weighted by atomic mass is 9.75. The molecule has 1 aromatic rings. The van der Waals surface area contributed by atoms with E-state index in [0.717, 1.165) is 62.8 Å². The van der Waals surface area contributed by atoms with E-state index in [2.05, 4.69) is 36.2 Å². The number of ether oxygens (including phenoxy) is 2. The molecule has 1 aromatic carbocycles. The number of methoxy groups -OCH3 is 1. The Morgan fingerprint density at radius 2 is 1.85 bits per heavy atom. The average Bonchev–Trinajstić information content (AvgIpc) is 2.63. The molecule has 3 rings (SSSR count). The largest absolute Gasteiger partial charge is 0.497 e. The summed E-state index contributed by atoms with van der Waals surface area (Å²) < 4.78 is 10.6. The molecule has 1 aliphatic heterocycles. The molecule has 0 spiro atoms. The fraction of sp³-hybridized carbons (Fsp3) is 0.571. The van der Waals surface area contributed by atoms with Gasteiger partial charge in [-0.25, -0.2) is 0 Å². The maximum absolute atomic E-state index is 12.8. The summed E-state index contributed by atoms with van der Waals surface area (Å²) >= 11 is 0. The van der Waals surface area contributed by atoms with Crippen molar-refractivity contribution in [3.8, 4) is 5.75 Å². The third kappa shape index (κ3) is 4.86. The first kappa shape index (κ1) is 18.9. The van der Waals surface area contributed by atoms with Gasteiger partial charge in [0, 0.05) is 43.9 Å². The van der Waals surface area contributed by atoms with E-state index in [1.54, 1.807) is 7.11 Å². The minimum absolute atomic E-state index is 0.00777. The van der Waals surface area contributed by atoms with Crippen molar-refractivity contribution in [2.24, 2.45) is 5.41 Å². The fourth-order valence-electron chi connectivity index (χ4n) is 3.65. The second-order valence-electron chi connectivity index (χ2n) is 7.99. The van der Waals surface area contributed by atoms with Crippen molar-refractivity contribution in [1.82, 2.24) is 10.2 Å². The Labute approximate surface area is 156 Å². The monoisotopic (exact) mass is 358 g/mol. The number of carbonyl (C=O) groups excluding carboxylic acids is 1. The van der Waals surface area contributed by atoms with Gasteiger partial charge in [0.25, 0.3) is 0 Å². The number of carbonyl (C=O) groups is 1. The lowest BCUT2D eigenvalue weighted by molar-refractivity contribution is -0.118. The van der Waals surface area contributed by atoms with E-state index in [1.807, 2.05) is 12.1 Å². The van der Waals surface area contributed by atoms with Crippen LogP contribution in [0.15, 0.2) is 35.5 Å². The van der Waals surface area contributed by atoms with E-state index >= 15 is 0 Å². The number of benzene rings is 1. The number of ketones is 1. The number of allylic oxidation sites excluding steroid dienone is 1. The highest BCUT2D eigenvalue weighted by Crippen LogP contribution is 2.36. The highest BCUT2D eigenvalue weighted by atomic mass is 16.5. The summed E-state index contributed by atoms with van der Waals surface area (Å²) in [6.07, 6.45) is 1.54. The Balaban J connectivity index is 1.74. The summed E-state index contributed by atoms with van der Waals surface area (Å²) in [6.45, 7) is 9.08. The molecule has 0 aromatic heterocycles. The predicted octanol–water partition coefficient (Wildman–Crippen LogP) is 2.76. The van der Waals surface area contributed by atoms with Crippen LogP contribution in [-0.4, -0.2) is 50.6 Å². The van der Waals surface area contributed by atoms with E-state index in [-0.39, 0.29) is 11.2 Å². The summed E-state index contributed by atoms with van der Waals surface area (Å²) in [4.78, 5) is 15.1. The van der Waals surface area contributed by atoms with Gasteiger partial charge in [-0.15, -0.1) is 0 Å². The molecule has 26 heavy (non-hydrogen) atoms. The van der Waals surface area contributed by atoms with Crippen molar-refractivity contribution in [1.29, 1.82) is 0 Å². The summed E-state index contributed by atoms with van der Waals surface area (Å²) in [5.74, 6) is 1.14. The SMILES string of the molecule is COc1ccc(CNC2=C(CN3CCOCC3)C(=O)CC(C)(C)C2)cc1. The van der Waals surface area contributed by atoms with Crippen LogP contribution < -0.4 is 10.1 Å². The number of nitrogens with zero attached hydrogens (tertiary/aromatic N) is 1. The Morgan fingerprint density at radius 3 is 2.50 bits per heavy atom. The van der Waals surface area contributed by atoms with E-state index in [0.29, 0.717) is 6.42 Å². The molecule has 0 amide bonds. The zero-order valence-corrected chi connectivity index (χ0v) is 16.1. The van der Waals surface area contributed by atoms with Gasteiger partial charge >= 0.3 is 0 Å². The van der Waals surface area contributed by atoms with Gasteiger partial charge in [-0.1, -0.05) is 26.0 Å². The standard InChI is InChI=1S/C21H30N2O3/c1-21(2)12-19(22-14-16-4-6-17(25-3)7-5-16)18(20(24)13-21)15-23-8-10-26-11-9-23/h4-7,22H,8-15H2,1-3H3. The molecule has 1 heterocycles. The predicted molar refractivity (Wildman–Crippen MR) is 102 cm³/mol. The van der Waals surface area contributed by atoms with E-state index in [4.69, 9.17) is 9.47 Å². The van der Waals surface area contributed by atoms with E-state index in [9.17, 15) is 4.79 Å². The fourth-order valence-corrected chi connectivity index (χ4v) is 3.65. The van der Waals surface area contributed by atoms with Gasteiger partial charge in [-0.2, -0.15) is 0 Å². The molecule has 2 aliphatic rings. The smallest absolute Gasteiger partial charge is 0.162 e. The van der Waals surface area contributed by atoms with Crippen molar-refractivity contribution >= 4 is 5.78 Å².